The molecule has 0 spiro atoms. The van der Waals surface area contributed by atoms with E-state index in [-0.39, 0.29) is 4.90 Å². The van der Waals surface area contributed by atoms with Gasteiger partial charge in [-0.3, -0.25) is 9.53 Å². The van der Waals surface area contributed by atoms with Crippen molar-refractivity contribution < 1.29 is 45.8 Å². The minimum absolute atomic E-state index is 0.182. The lowest BCUT2D eigenvalue weighted by molar-refractivity contribution is -0.340. The average Bonchev–Trinajstić information content (AvgIpc) is 2.56. The fourth-order valence-corrected chi connectivity index (χ4v) is 1.69. The molecule has 0 aromatic heterocycles. The molecule has 0 aromatic carbocycles. The third-order valence-corrected chi connectivity index (χ3v) is 2.35. The highest BCUT2D eigenvalue weighted by Crippen LogP contribution is 2.30. The minimum Gasteiger partial charge on any atom is -0.480 e. The zero-order valence-corrected chi connectivity index (χ0v) is 8.96. The van der Waals surface area contributed by atoms with Crippen LogP contribution in [-0.4, -0.2) is 53.1 Å². The molecule has 0 saturated carbocycles. The van der Waals surface area contributed by atoms with Gasteiger partial charge in [0, 0.05) is 13.0 Å². The Hall–Kier alpha value is -1.52. The predicted octanol–water partition coefficient (Wildman–Crippen LogP) is 1.14. The van der Waals surface area contributed by atoms with E-state index in [2.05, 4.69) is 4.74 Å². The third-order valence-electron chi connectivity index (χ3n) is 2.35. The van der Waals surface area contributed by atoms with Crippen molar-refractivity contribution in [3.05, 3.63) is 0 Å². The summed E-state index contributed by atoms with van der Waals surface area (Å²) in [6, 6.07) is -2.00. The fraction of sp³-hybridized carbons (Fsp3) is 0.750. The number of carbonyl (C=O) groups excluding carboxylic acids is 1. The molecule has 1 aliphatic rings. The first-order valence-corrected chi connectivity index (χ1v) is 4.77. The van der Waals surface area contributed by atoms with Gasteiger partial charge in [-0.1, -0.05) is 0 Å². The van der Waals surface area contributed by atoms with Crippen molar-refractivity contribution in [1.29, 1.82) is 0 Å². The number of halogens is 6. The molecule has 1 fully saturated rings. The Balaban J connectivity index is 2.86. The van der Waals surface area contributed by atoms with Crippen molar-refractivity contribution in [2.24, 2.45) is 0 Å². The van der Waals surface area contributed by atoms with E-state index in [9.17, 15) is 35.9 Å². The van der Waals surface area contributed by atoms with Crippen molar-refractivity contribution in [3.63, 3.8) is 0 Å². The van der Waals surface area contributed by atoms with Crippen LogP contribution < -0.4 is 0 Å². The van der Waals surface area contributed by atoms with Crippen LogP contribution in [-0.2, 0) is 14.3 Å². The average molecular weight is 295 g/mol. The van der Waals surface area contributed by atoms with Gasteiger partial charge in [0.1, 0.15) is 6.04 Å². The second kappa shape index (κ2) is 4.87. The zero-order valence-electron chi connectivity index (χ0n) is 8.96. The number of hydrogen-bond acceptors (Lipinski definition) is 3. The Kier molecular flexibility index (Phi) is 3.98. The summed E-state index contributed by atoms with van der Waals surface area (Å²) in [5.74, 6) is -4.33. The number of rotatable bonds is 2. The number of carboxylic acid groups (broad SMARTS) is 1. The first-order chi connectivity index (χ1) is 8.42. The summed E-state index contributed by atoms with van der Waals surface area (Å²) in [5, 5.41) is 8.62. The van der Waals surface area contributed by atoms with Crippen molar-refractivity contribution in [3.8, 4) is 0 Å². The molecule has 0 bridgehead atoms. The van der Waals surface area contributed by atoms with E-state index >= 15 is 0 Å². The van der Waals surface area contributed by atoms with Crippen LogP contribution in [0.25, 0.3) is 0 Å². The molecule has 19 heavy (non-hydrogen) atoms. The monoisotopic (exact) mass is 295 g/mol. The van der Waals surface area contributed by atoms with E-state index in [1.807, 2.05) is 0 Å². The van der Waals surface area contributed by atoms with Gasteiger partial charge >= 0.3 is 24.4 Å². The summed E-state index contributed by atoms with van der Waals surface area (Å²) in [7, 11) is 0. The van der Waals surface area contributed by atoms with Crippen LogP contribution >= 0.6 is 0 Å². The summed E-state index contributed by atoms with van der Waals surface area (Å²) in [4.78, 5) is 21.4. The summed E-state index contributed by atoms with van der Waals surface area (Å²) >= 11 is 0. The van der Waals surface area contributed by atoms with Crippen LogP contribution in [0.4, 0.5) is 26.3 Å². The molecule has 1 saturated heterocycles. The minimum atomic E-state index is -5.36. The molecule has 5 nitrogen and oxygen atoms in total. The number of aliphatic carboxylic acids is 1. The van der Waals surface area contributed by atoms with E-state index < -0.39 is 49.5 Å². The summed E-state index contributed by atoms with van der Waals surface area (Å²) in [6.07, 6.45) is -13.2. The largest absolute Gasteiger partial charge is 0.522 e. The third kappa shape index (κ3) is 3.98. The van der Waals surface area contributed by atoms with Crippen LogP contribution in [0.1, 0.15) is 6.42 Å². The van der Waals surface area contributed by atoms with Crippen LogP contribution in [0.15, 0.2) is 0 Å². The topological polar surface area (TPSA) is 66.8 Å². The van der Waals surface area contributed by atoms with Crippen LogP contribution in [0.2, 0.25) is 0 Å². The molecule has 1 N–H and O–H groups in total. The smallest absolute Gasteiger partial charge is 0.480 e. The lowest BCUT2D eigenvalue weighted by Gasteiger charge is -2.22. The Labute approximate surface area is 101 Å². The fourth-order valence-electron chi connectivity index (χ4n) is 1.69. The highest BCUT2D eigenvalue weighted by atomic mass is 19.4. The number of carbonyl (C=O) groups is 2. The second-order valence-corrected chi connectivity index (χ2v) is 3.73. The SMILES string of the molecule is O=C(O)[C@H]1C[C@H](OC(F)(F)F)CN1C(=O)C(F)(F)F. The van der Waals surface area contributed by atoms with Gasteiger partial charge in [-0.25, -0.2) is 4.79 Å². The second-order valence-electron chi connectivity index (χ2n) is 3.73. The number of ether oxygens (including phenoxy) is 1. The van der Waals surface area contributed by atoms with Crippen LogP contribution in [0.5, 0.6) is 0 Å². The van der Waals surface area contributed by atoms with Gasteiger partial charge in [0.25, 0.3) is 0 Å². The van der Waals surface area contributed by atoms with Gasteiger partial charge in [-0.05, 0) is 0 Å². The highest BCUT2D eigenvalue weighted by Gasteiger charge is 2.51. The van der Waals surface area contributed by atoms with Gasteiger partial charge in [0.2, 0.25) is 0 Å². The first kappa shape index (κ1) is 15.5. The number of carboxylic acids is 1. The lowest BCUT2D eigenvalue weighted by atomic mass is 10.2. The maximum Gasteiger partial charge on any atom is 0.522 e. The van der Waals surface area contributed by atoms with Gasteiger partial charge in [0.15, 0.2) is 0 Å². The lowest BCUT2D eigenvalue weighted by Crippen LogP contribution is -2.47. The Morgan fingerprint density at radius 2 is 1.68 bits per heavy atom. The Morgan fingerprint density at radius 3 is 2.05 bits per heavy atom. The first-order valence-electron chi connectivity index (χ1n) is 4.77. The van der Waals surface area contributed by atoms with Gasteiger partial charge in [-0.2, -0.15) is 13.2 Å². The molecule has 2 atom stereocenters. The highest BCUT2D eigenvalue weighted by molar-refractivity contribution is 5.87. The molecule has 0 aromatic rings. The van der Waals surface area contributed by atoms with Crippen LogP contribution in [0, 0.1) is 0 Å². The molecule has 110 valence electrons. The molecule has 11 heteroatoms. The normalized spacial score (nSPS) is 24.6. The van der Waals surface area contributed by atoms with E-state index in [0.717, 1.165) is 0 Å². The van der Waals surface area contributed by atoms with Gasteiger partial charge in [-0.15, -0.1) is 13.2 Å². The molecule has 1 rings (SSSR count). The van der Waals surface area contributed by atoms with Crippen molar-refractivity contribution in [1.82, 2.24) is 4.90 Å². The molecule has 1 amide bonds. The van der Waals surface area contributed by atoms with E-state index in [0.29, 0.717) is 0 Å². The van der Waals surface area contributed by atoms with Crippen molar-refractivity contribution in [2.75, 3.05) is 6.54 Å². The molecular formula is C8H7F6NO4. The van der Waals surface area contributed by atoms with Crippen LogP contribution in [0.3, 0.4) is 0 Å². The summed E-state index contributed by atoms with van der Waals surface area (Å²) in [5.41, 5.74) is 0. The van der Waals surface area contributed by atoms with E-state index in [1.165, 1.54) is 0 Å². The number of alkyl halides is 6. The molecule has 0 unspecified atom stereocenters. The van der Waals surface area contributed by atoms with E-state index in [4.69, 9.17) is 5.11 Å². The van der Waals surface area contributed by atoms with E-state index in [1.54, 1.807) is 0 Å². The molecular weight excluding hydrogens is 288 g/mol. The standard InChI is InChI=1S/C8H7F6NO4/c9-7(10,11)6(18)15-2-3(19-8(12,13)14)1-4(15)5(16)17/h3-4H,1-2H2,(H,16,17)/t3-,4+/m0/s1. The molecule has 1 aliphatic heterocycles. The molecule has 0 aliphatic carbocycles. The number of hydrogen-bond donors (Lipinski definition) is 1. The van der Waals surface area contributed by atoms with Crippen molar-refractivity contribution in [2.45, 2.75) is 31.1 Å². The number of nitrogens with zero attached hydrogens (tertiary/aromatic N) is 1. The maximum absolute atomic E-state index is 12.2. The quantitative estimate of drug-likeness (QED) is 0.776. The van der Waals surface area contributed by atoms with Crippen molar-refractivity contribution >= 4 is 11.9 Å². The number of amides is 1. The number of likely N-dealkylation sites (tertiary alicyclic amines) is 1. The Morgan fingerprint density at radius 1 is 1.16 bits per heavy atom. The Bertz CT molecular complexity index is 378. The van der Waals surface area contributed by atoms with Gasteiger partial charge in [0.05, 0.1) is 6.10 Å². The maximum atomic E-state index is 12.2. The summed E-state index contributed by atoms with van der Waals surface area (Å²) < 4.78 is 75.6. The predicted molar refractivity (Wildman–Crippen MR) is 44.7 cm³/mol. The zero-order chi connectivity index (χ0) is 15.0. The molecule has 0 radical (unpaired) electrons. The summed E-state index contributed by atoms with van der Waals surface area (Å²) in [6.45, 7) is -1.09. The van der Waals surface area contributed by atoms with Gasteiger partial charge < -0.3 is 10.0 Å². The molecule has 1 heterocycles.